The number of likely N-dealkylation sites (tertiary alicyclic amines) is 1. The summed E-state index contributed by atoms with van der Waals surface area (Å²) < 4.78 is 45.7. The molecule has 10 heteroatoms. The minimum Gasteiger partial charge on any atom is -0.497 e. The Morgan fingerprint density at radius 1 is 1.02 bits per heavy atom. The van der Waals surface area contributed by atoms with E-state index >= 15 is 4.39 Å². The quantitative estimate of drug-likeness (QED) is 0.363. The van der Waals surface area contributed by atoms with Gasteiger partial charge in [-0.2, -0.15) is 0 Å². The summed E-state index contributed by atoms with van der Waals surface area (Å²) in [6.45, 7) is 3.79. The van der Waals surface area contributed by atoms with Crippen molar-refractivity contribution in [2.24, 2.45) is 5.92 Å². The van der Waals surface area contributed by atoms with Crippen LogP contribution in [0.5, 0.6) is 17.2 Å². The van der Waals surface area contributed by atoms with E-state index in [9.17, 15) is 19.1 Å². The van der Waals surface area contributed by atoms with Gasteiger partial charge in [0.1, 0.15) is 17.4 Å². The Bertz CT molecular complexity index is 1450. The molecule has 1 saturated heterocycles. The zero-order chi connectivity index (χ0) is 29.3. The number of nitrogens with zero attached hydrogens (tertiary/aromatic N) is 1. The van der Waals surface area contributed by atoms with Gasteiger partial charge in [-0.3, -0.25) is 14.5 Å². The maximum absolute atomic E-state index is 15.5. The molecule has 0 bridgehead atoms. The number of hydrogen-bond acceptors (Lipinski definition) is 6. The third kappa shape index (κ3) is 5.56. The summed E-state index contributed by atoms with van der Waals surface area (Å²) in [4.78, 5) is 28.0. The molecule has 3 aromatic rings. The highest BCUT2D eigenvalue weighted by atomic mass is 19.1. The van der Waals surface area contributed by atoms with Crippen LogP contribution >= 0.6 is 0 Å². The average molecular weight is 567 g/mol. The lowest BCUT2D eigenvalue weighted by Crippen LogP contribution is -2.36. The zero-order valence-corrected chi connectivity index (χ0v) is 23.1. The number of fused-ring (bicyclic) bond motifs is 1. The van der Waals surface area contributed by atoms with Crippen molar-refractivity contribution in [1.29, 1.82) is 0 Å². The molecule has 2 aliphatic heterocycles. The fourth-order valence-corrected chi connectivity index (χ4v) is 5.93. The molecule has 2 aliphatic rings. The fraction of sp³-hybridized carbons (Fsp3) is 0.355. The van der Waals surface area contributed by atoms with E-state index in [1.807, 2.05) is 13.8 Å². The molecule has 41 heavy (non-hydrogen) atoms. The Hall–Kier alpha value is -4.18. The van der Waals surface area contributed by atoms with Crippen LogP contribution < -0.4 is 19.5 Å². The van der Waals surface area contributed by atoms with Crippen LogP contribution in [0, 0.1) is 17.6 Å². The van der Waals surface area contributed by atoms with Crippen LogP contribution in [0.3, 0.4) is 0 Å². The zero-order valence-electron chi connectivity index (χ0n) is 23.1. The normalized spacial score (nSPS) is 19.8. The molecule has 1 amide bonds. The van der Waals surface area contributed by atoms with Gasteiger partial charge in [-0.25, -0.2) is 8.78 Å². The first-order valence-electron chi connectivity index (χ1n) is 13.5. The van der Waals surface area contributed by atoms with Crippen molar-refractivity contribution in [2.75, 3.05) is 32.3 Å². The number of carboxylic acids is 1. The number of anilines is 1. The van der Waals surface area contributed by atoms with Gasteiger partial charge >= 0.3 is 5.97 Å². The van der Waals surface area contributed by atoms with Gasteiger partial charge in [0.15, 0.2) is 11.5 Å². The van der Waals surface area contributed by atoms with E-state index in [0.29, 0.717) is 52.5 Å². The molecule has 0 aliphatic carbocycles. The molecule has 0 saturated carbocycles. The monoisotopic (exact) mass is 566 g/mol. The number of carboxylic acid groups (broad SMARTS) is 1. The van der Waals surface area contributed by atoms with Crippen LogP contribution in [0.15, 0.2) is 48.5 Å². The third-order valence-corrected chi connectivity index (χ3v) is 7.87. The highest BCUT2D eigenvalue weighted by molar-refractivity contribution is 5.94. The maximum Gasteiger partial charge on any atom is 0.309 e. The molecule has 0 aromatic heterocycles. The summed E-state index contributed by atoms with van der Waals surface area (Å²) in [5, 5.41) is 13.4. The molecule has 2 heterocycles. The lowest BCUT2D eigenvalue weighted by Gasteiger charge is -2.27. The SMILES string of the molecule is CCc1cc(F)cc(CC)c1NC(=O)CN1C[C@H](c2ccc3c(c2)OCO3)[C@@H](C(=O)O)[C@@H]1c1ccc(OC)cc1F. The number of ether oxygens (including phenoxy) is 3. The predicted octanol–water partition coefficient (Wildman–Crippen LogP) is 5.31. The average Bonchev–Trinajstić information content (AvgIpc) is 3.58. The van der Waals surface area contributed by atoms with Gasteiger partial charge in [0.25, 0.3) is 0 Å². The number of carbonyl (C=O) groups excluding carboxylic acids is 1. The molecule has 216 valence electrons. The standard InChI is InChI=1S/C31H32F2N2O6/c1-4-17-10-20(32)11-18(5-2)29(17)34-27(36)15-35-14-23(19-6-9-25-26(12-19)41-16-40-25)28(31(37)38)30(35)22-8-7-21(39-3)13-24(22)33/h6-13,23,28,30H,4-5,14-16H2,1-3H3,(H,34,36)(H,37,38)/t23-,28-,30+/m1/s1. The fourth-order valence-electron chi connectivity index (χ4n) is 5.93. The number of amides is 1. The lowest BCUT2D eigenvalue weighted by atomic mass is 9.82. The van der Waals surface area contributed by atoms with E-state index in [0.717, 1.165) is 0 Å². The first-order chi connectivity index (χ1) is 19.7. The van der Waals surface area contributed by atoms with Crippen molar-refractivity contribution in [1.82, 2.24) is 4.90 Å². The molecule has 0 radical (unpaired) electrons. The van der Waals surface area contributed by atoms with E-state index in [-0.39, 0.29) is 31.3 Å². The van der Waals surface area contributed by atoms with Crippen LogP contribution in [0.1, 0.15) is 48.1 Å². The smallest absolute Gasteiger partial charge is 0.309 e. The van der Waals surface area contributed by atoms with Gasteiger partial charge in [-0.1, -0.05) is 26.0 Å². The summed E-state index contributed by atoms with van der Waals surface area (Å²) in [7, 11) is 1.42. The molecule has 0 spiro atoms. The van der Waals surface area contributed by atoms with Gasteiger partial charge in [0.05, 0.1) is 25.6 Å². The summed E-state index contributed by atoms with van der Waals surface area (Å²) in [5.74, 6) is -2.82. The number of carbonyl (C=O) groups is 2. The van der Waals surface area contributed by atoms with Crippen molar-refractivity contribution in [2.45, 2.75) is 38.6 Å². The number of benzene rings is 3. The molecule has 1 fully saturated rings. The van der Waals surface area contributed by atoms with Crippen molar-refractivity contribution >= 4 is 17.6 Å². The van der Waals surface area contributed by atoms with Crippen molar-refractivity contribution in [3.63, 3.8) is 0 Å². The second kappa shape index (κ2) is 11.7. The van der Waals surface area contributed by atoms with Crippen LogP contribution in [0.2, 0.25) is 0 Å². The van der Waals surface area contributed by atoms with E-state index in [1.54, 1.807) is 29.2 Å². The predicted molar refractivity (Wildman–Crippen MR) is 147 cm³/mol. The molecule has 5 rings (SSSR count). The van der Waals surface area contributed by atoms with E-state index in [2.05, 4.69) is 5.32 Å². The molecule has 2 N–H and O–H groups in total. The van der Waals surface area contributed by atoms with Crippen LogP contribution in [0.4, 0.5) is 14.5 Å². The topological polar surface area (TPSA) is 97.3 Å². The minimum atomic E-state index is -1.11. The Kier molecular flexibility index (Phi) is 8.12. The second-order valence-electron chi connectivity index (χ2n) is 10.2. The van der Waals surface area contributed by atoms with E-state index in [1.165, 1.54) is 31.4 Å². The number of halogens is 2. The molecular weight excluding hydrogens is 534 g/mol. The Morgan fingerprint density at radius 3 is 2.37 bits per heavy atom. The van der Waals surface area contributed by atoms with Crippen LogP contribution in [-0.4, -0.2) is 48.9 Å². The summed E-state index contributed by atoms with van der Waals surface area (Å²) in [6, 6.07) is 11.4. The van der Waals surface area contributed by atoms with Crippen molar-refractivity contribution in [3.8, 4) is 17.2 Å². The molecule has 0 unspecified atom stereocenters. The summed E-state index contributed by atoms with van der Waals surface area (Å²) in [6.07, 6.45) is 1.02. The molecule has 3 aromatic carbocycles. The number of rotatable bonds is 9. The number of methoxy groups -OCH3 is 1. The van der Waals surface area contributed by atoms with Crippen molar-refractivity contribution < 1.29 is 37.7 Å². The largest absolute Gasteiger partial charge is 0.497 e. The van der Waals surface area contributed by atoms with Gasteiger partial charge in [0, 0.05) is 29.8 Å². The minimum absolute atomic E-state index is 0.0701. The number of hydrogen-bond donors (Lipinski definition) is 2. The first-order valence-corrected chi connectivity index (χ1v) is 13.5. The number of aryl methyl sites for hydroxylation is 2. The maximum atomic E-state index is 15.5. The number of nitrogens with one attached hydrogen (secondary N) is 1. The Labute approximate surface area is 236 Å². The lowest BCUT2D eigenvalue weighted by molar-refractivity contribution is -0.143. The van der Waals surface area contributed by atoms with Crippen LogP contribution in [-0.2, 0) is 22.4 Å². The van der Waals surface area contributed by atoms with Gasteiger partial charge in [-0.05, 0) is 59.9 Å². The molecular formula is C31H32F2N2O6. The van der Waals surface area contributed by atoms with Gasteiger partial charge in [0.2, 0.25) is 12.7 Å². The van der Waals surface area contributed by atoms with Crippen LogP contribution in [0.25, 0.3) is 0 Å². The highest BCUT2D eigenvalue weighted by Crippen LogP contribution is 2.48. The van der Waals surface area contributed by atoms with E-state index in [4.69, 9.17) is 14.2 Å². The van der Waals surface area contributed by atoms with Crippen molar-refractivity contribution in [3.05, 3.63) is 82.4 Å². The Balaban J connectivity index is 1.52. The summed E-state index contributed by atoms with van der Waals surface area (Å²) in [5.41, 5.74) is 2.71. The highest BCUT2D eigenvalue weighted by Gasteiger charge is 2.49. The summed E-state index contributed by atoms with van der Waals surface area (Å²) >= 11 is 0. The van der Waals surface area contributed by atoms with E-state index < -0.39 is 35.6 Å². The van der Waals surface area contributed by atoms with Gasteiger partial charge < -0.3 is 24.6 Å². The third-order valence-electron chi connectivity index (χ3n) is 7.87. The Morgan fingerprint density at radius 2 is 1.73 bits per heavy atom. The van der Waals surface area contributed by atoms with Gasteiger partial charge in [-0.15, -0.1) is 0 Å². The number of aliphatic carboxylic acids is 1. The first kappa shape index (κ1) is 28.4. The second-order valence-corrected chi connectivity index (χ2v) is 10.2. The molecule has 8 nitrogen and oxygen atoms in total. The molecule has 3 atom stereocenters.